The van der Waals surface area contributed by atoms with E-state index in [9.17, 15) is 4.39 Å². The van der Waals surface area contributed by atoms with Crippen molar-refractivity contribution in [3.63, 3.8) is 0 Å². The van der Waals surface area contributed by atoms with Gasteiger partial charge in [-0.05, 0) is 29.8 Å². The average Bonchev–Trinajstić information content (AvgIpc) is 2.81. The number of nitrogens with two attached hydrogens (primary N) is 1. The van der Waals surface area contributed by atoms with Gasteiger partial charge in [0.05, 0.1) is 17.8 Å². The number of rotatable bonds is 3. The highest BCUT2D eigenvalue weighted by Crippen LogP contribution is 2.23. The predicted molar refractivity (Wildman–Crippen MR) is 80.8 cm³/mol. The van der Waals surface area contributed by atoms with Crippen LogP contribution in [0.2, 0.25) is 0 Å². The molecule has 0 radical (unpaired) electrons. The van der Waals surface area contributed by atoms with E-state index in [4.69, 9.17) is 5.73 Å². The first kappa shape index (κ1) is 13.3. The maximum absolute atomic E-state index is 13.4. The zero-order valence-electron chi connectivity index (χ0n) is 10.7. The van der Waals surface area contributed by atoms with E-state index in [1.54, 1.807) is 6.07 Å². The lowest BCUT2D eigenvalue weighted by Gasteiger charge is -2.06. The minimum atomic E-state index is -0.251. The Hall–Kier alpha value is -1.72. The van der Waals surface area contributed by atoms with Gasteiger partial charge < -0.3 is 5.73 Å². The zero-order valence-corrected chi connectivity index (χ0v) is 12.3. The Bertz CT molecular complexity index is 767. The normalized spacial score (nSPS) is 11.2. The fourth-order valence-corrected chi connectivity index (χ4v) is 2.67. The van der Waals surface area contributed by atoms with Gasteiger partial charge in [-0.3, -0.25) is 4.68 Å². The Kier molecular flexibility index (Phi) is 3.54. The van der Waals surface area contributed by atoms with Crippen molar-refractivity contribution in [3.8, 4) is 0 Å². The number of para-hydroxylation sites is 1. The van der Waals surface area contributed by atoms with Crippen molar-refractivity contribution in [2.75, 3.05) is 0 Å². The minimum absolute atomic E-state index is 0.251. The summed E-state index contributed by atoms with van der Waals surface area (Å²) in [7, 11) is 0. The number of aromatic nitrogens is 2. The second kappa shape index (κ2) is 5.34. The van der Waals surface area contributed by atoms with Crippen LogP contribution in [0.3, 0.4) is 0 Å². The molecule has 2 aromatic carbocycles. The van der Waals surface area contributed by atoms with Crippen LogP contribution in [0.25, 0.3) is 10.9 Å². The summed E-state index contributed by atoms with van der Waals surface area (Å²) < 4.78 is 16.1. The van der Waals surface area contributed by atoms with Gasteiger partial charge in [0.1, 0.15) is 5.82 Å². The highest BCUT2D eigenvalue weighted by atomic mass is 79.9. The molecule has 0 amide bonds. The lowest BCUT2D eigenvalue weighted by Crippen LogP contribution is -2.05. The van der Waals surface area contributed by atoms with Crippen molar-refractivity contribution in [1.29, 1.82) is 0 Å². The molecular formula is C15H13BrFN3. The number of hydrogen-bond acceptors (Lipinski definition) is 2. The maximum Gasteiger partial charge on any atom is 0.123 e. The van der Waals surface area contributed by atoms with E-state index in [0.29, 0.717) is 13.1 Å². The summed E-state index contributed by atoms with van der Waals surface area (Å²) in [6.45, 7) is 0.886. The van der Waals surface area contributed by atoms with Crippen LogP contribution in [0.1, 0.15) is 11.3 Å². The summed E-state index contributed by atoms with van der Waals surface area (Å²) in [5.74, 6) is -0.251. The zero-order chi connectivity index (χ0) is 14.1. The molecule has 0 atom stereocenters. The second-order valence-corrected chi connectivity index (χ2v) is 5.42. The van der Waals surface area contributed by atoms with Crippen LogP contribution in [0.15, 0.2) is 46.9 Å². The first-order valence-electron chi connectivity index (χ1n) is 6.27. The van der Waals surface area contributed by atoms with E-state index >= 15 is 0 Å². The van der Waals surface area contributed by atoms with Crippen LogP contribution in [-0.4, -0.2) is 9.78 Å². The van der Waals surface area contributed by atoms with Gasteiger partial charge in [0.2, 0.25) is 0 Å². The molecule has 3 aromatic rings. The van der Waals surface area contributed by atoms with Crippen molar-refractivity contribution >= 4 is 26.8 Å². The summed E-state index contributed by atoms with van der Waals surface area (Å²) in [5.41, 5.74) is 8.44. The van der Waals surface area contributed by atoms with Gasteiger partial charge in [-0.1, -0.05) is 34.1 Å². The molecule has 0 aliphatic heterocycles. The summed E-state index contributed by atoms with van der Waals surface area (Å²) in [5, 5.41) is 5.57. The molecule has 0 aliphatic carbocycles. The van der Waals surface area contributed by atoms with E-state index in [0.717, 1.165) is 26.6 Å². The van der Waals surface area contributed by atoms with Crippen LogP contribution in [0, 0.1) is 5.82 Å². The van der Waals surface area contributed by atoms with Crippen molar-refractivity contribution in [2.45, 2.75) is 13.1 Å². The van der Waals surface area contributed by atoms with Crippen molar-refractivity contribution in [3.05, 3.63) is 64.0 Å². The molecule has 0 saturated heterocycles. The third-order valence-electron chi connectivity index (χ3n) is 3.26. The third-order valence-corrected chi connectivity index (χ3v) is 4.03. The van der Waals surface area contributed by atoms with Crippen LogP contribution in [0.5, 0.6) is 0 Å². The average molecular weight is 334 g/mol. The Balaban J connectivity index is 2.09. The van der Waals surface area contributed by atoms with Crippen LogP contribution in [0.4, 0.5) is 4.39 Å². The Morgan fingerprint density at radius 2 is 2.00 bits per heavy atom. The van der Waals surface area contributed by atoms with Gasteiger partial charge in [-0.25, -0.2) is 4.39 Å². The molecule has 3 rings (SSSR count). The van der Waals surface area contributed by atoms with Gasteiger partial charge in [0.15, 0.2) is 0 Å². The highest BCUT2D eigenvalue weighted by molar-refractivity contribution is 9.10. The van der Waals surface area contributed by atoms with Crippen LogP contribution < -0.4 is 5.73 Å². The highest BCUT2D eigenvalue weighted by Gasteiger charge is 2.10. The van der Waals surface area contributed by atoms with Gasteiger partial charge in [0.25, 0.3) is 0 Å². The van der Waals surface area contributed by atoms with Gasteiger partial charge >= 0.3 is 0 Å². The van der Waals surface area contributed by atoms with E-state index in [1.807, 2.05) is 28.9 Å². The van der Waals surface area contributed by atoms with E-state index in [-0.39, 0.29) is 5.82 Å². The fraction of sp³-hybridized carbons (Fsp3) is 0.133. The molecule has 0 saturated carbocycles. The molecule has 5 heteroatoms. The molecule has 0 fully saturated rings. The molecule has 0 spiro atoms. The van der Waals surface area contributed by atoms with Gasteiger partial charge in [-0.15, -0.1) is 0 Å². The Morgan fingerprint density at radius 1 is 1.20 bits per heavy atom. The van der Waals surface area contributed by atoms with Crippen LogP contribution in [-0.2, 0) is 13.1 Å². The number of hydrogen-bond donors (Lipinski definition) is 1. The quantitative estimate of drug-likeness (QED) is 0.797. The third kappa shape index (κ3) is 2.34. The van der Waals surface area contributed by atoms with Crippen molar-refractivity contribution < 1.29 is 4.39 Å². The number of fused-ring (bicyclic) bond motifs is 1. The summed E-state index contributed by atoms with van der Waals surface area (Å²) in [6, 6.07) is 12.6. The SMILES string of the molecule is NCc1nn(Cc2cc(F)ccc2Br)c2ccccc12. The van der Waals surface area contributed by atoms with Gasteiger partial charge in [0, 0.05) is 16.4 Å². The smallest absolute Gasteiger partial charge is 0.123 e. The molecule has 0 unspecified atom stereocenters. The lowest BCUT2D eigenvalue weighted by atomic mass is 10.2. The van der Waals surface area contributed by atoms with E-state index in [1.165, 1.54) is 12.1 Å². The lowest BCUT2D eigenvalue weighted by molar-refractivity contribution is 0.619. The van der Waals surface area contributed by atoms with E-state index in [2.05, 4.69) is 21.0 Å². The predicted octanol–water partition coefficient (Wildman–Crippen LogP) is 3.44. The standard InChI is InChI=1S/C15H13BrFN3/c16-13-6-5-11(17)7-10(13)9-20-15-4-2-1-3-12(15)14(8-18)19-20/h1-7H,8-9,18H2. The minimum Gasteiger partial charge on any atom is -0.325 e. The molecule has 20 heavy (non-hydrogen) atoms. The topological polar surface area (TPSA) is 43.8 Å². The number of benzene rings is 2. The Labute approximate surface area is 124 Å². The van der Waals surface area contributed by atoms with Crippen molar-refractivity contribution in [2.24, 2.45) is 5.73 Å². The molecule has 1 heterocycles. The van der Waals surface area contributed by atoms with Crippen LogP contribution >= 0.6 is 15.9 Å². The number of halogens is 2. The molecule has 1 aromatic heterocycles. The summed E-state index contributed by atoms with van der Waals surface area (Å²) in [4.78, 5) is 0. The van der Waals surface area contributed by atoms with E-state index < -0.39 is 0 Å². The van der Waals surface area contributed by atoms with Crippen molar-refractivity contribution in [1.82, 2.24) is 9.78 Å². The molecule has 3 nitrogen and oxygen atoms in total. The first-order valence-corrected chi connectivity index (χ1v) is 7.07. The Morgan fingerprint density at radius 3 is 2.80 bits per heavy atom. The molecular weight excluding hydrogens is 321 g/mol. The summed E-state index contributed by atoms with van der Waals surface area (Å²) >= 11 is 3.44. The molecule has 0 bridgehead atoms. The second-order valence-electron chi connectivity index (χ2n) is 4.56. The molecule has 0 aliphatic rings. The molecule has 2 N–H and O–H groups in total. The fourth-order valence-electron chi connectivity index (χ4n) is 2.29. The monoisotopic (exact) mass is 333 g/mol. The first-order chi connectivity index (χ1) is 9.69. The largest absolute Gasteiger partial charge is 0.325 e. The number of nitrogens with zero attached hydrogens (tertiary/aromatic N) is 2. The van der Waals surface area contributed by atoms with Gasteiger partial charge in [-0.2, -0.15) is 5.10 Å². The molecule has 102 valence electrons. The summed E-state index contributed by atoms with van der Waals surface area (Å²) in [6.07, 6.45) is 0. The maximum atomic E-state index is 13.4.